The molecule has 0 bridgehead atoms. The summed E-state index contributed by atoms with van der Waals surface area (Å²) in [6, 6.07) is 10.0. The van der Waals surface area contributed by atoms with Gasteiger partial charge < -0.3 is 10.1 Å². The molecule has 1 amide bonds. The third kappa shape index (κ3) is 2.53. The Morgan fingerprint density at radius 2 is 2.14 bits per heavy atom. The van der Waals surface area contributed by atoms with Crippen molar-refractivity contribution in [3.63, 3.8) is 0 Å². The molecule has 2 aromatic carbocycles. The van der Waals surface area contributed by atoms with E-state index in [2.05, 4.69) is 20.3 Å². The Labute approximate surface area is 124 Å². The molecule has 0 aliphatic carbocycles. The molecule has 0 radical (unpaired) electrons. The Balaban J connectivity index is 1.97. The summed E-state index contributed by atoms with van der Waals surface area (Å²) in [4.78, 5) is 12.4. The lowest BCUT2D eigenvalue weighted by atomic mass is 10.1. The van der Waals surface area contributed by atoms with E-state index in [1.54, 1.807) is 30.3 Å². The van der Waals surface area contributed by atoms with Crippen LogP contribution in [0.2, 0.25) is 5.02 Å². The van der Waals surface area contributed by atoms with Crippen LogP contribution in [-0.4, -0.2) is 23.3 Å². The number of nitrogens with one attached hydrogen (secondary N) is 1. The van der Waals surface area contributed by atoms with Crippen molar-refractivity contribution in [3.05, 3.63) is 47.0 Å². The van der Waals surface area contributed by atoms with Crippen LogP contribution in [0.15, 0.2) is 41.0 Å². The van der Waals surface area contributed by atoms with E-state index in [9.17, 15) is 4.79 Å². The minimum Gasteiger partial charge on any atom is -0.496 e. The van der Waals surface area contributed by atoms with Crippen LogP contribution in [0.3, 0.4) is 0 Å². The second-order valence-corrected chi connectivity index (χ2v) is 4.67. The molecule has 7 heteroatoms. The summed E-state index contributed by atoms with van der Waals surface area (Å²) < 4.78 is 9.83. The predicted octanol–water partition coefficient (Wildman–Crippen LogP) is 3.14. The predicted molar refractivity (Wildman–Crippen MR) is 77.8 cm³/mol. The summed E-state index contributed by atoms with van der Waals surface area (Å²) in [7, 11) is 1.49. The number of benzene rings is 2. The average Bonchev–Trinajstić information content (AvgIpc) is 2.96. The maximum Gasteiger partial charge on any atom is 0.259 e. The first-order valence-corrected chi connectivity index (χ1v) is 6.43. The van der Waals surface area contributed by atoms with Crippen LogP contribution < -0.4 is 10.1 Å². The molecular formula is C14H10ClN3O3. The summed E-state index contributed by atoms with van der Waals surface area (Å²) in [6.07, 6.45) is 0. The average molecular weight is 304 g/mol. The van der Waals surface area contributed by atoms with Crippen molar-refractivity contribution >= 4 is 34.2 Å². The molecule has 0 saturated heterocycles. The van der Waals surface area contributed by atoms with Gasteiger partial charge in [0.15, 0.2) is 5.52 Å². The summed E-state index contributed by atoms with van der Waals surface area (Å²) in [5.41, 5.74) is 1.87. The largest absolute Gasteiger partial charge is 0.496 e. The van der Waals surface area contributed by atoms with Crippen LogP contribution in [0.5, 0.6) is 5.75 Å². The van der Waals surface area contributed by atoms with Crippen LogP contribution in [0, 0.1) is 0 Å². The summed E-state index contributed by atoms with van der Waals surface area (Å²) in [5.74, 6) is 0.0761. The van der Waals surface area contributed by atoms with Gasteiger partial charge in [-0.1, -0.05) is 17.7 Å². The highest BCUT2D eigenvalue weighted by Crippen LogP contribution is 2.25. The number of methoxy groups -OCH3 is 1. The van der Waals surface area contributed by atoms with Crippen LogP contribution in [0.4, 0.5) is 5.69 Å². The van der Waals surface area contributed by atoms with Gasteiger partial charge in [0.25, 0.3) is 5.91 Å². The van der Waals surface area contributed by atoms with Crippen molar-refractivity contribution in [2.75, 3.05) is 12.4 Å². The van der Waals surface area contributed by atoms with Crippen LogP contribution in [0.25, 0.3) is 11.0 Å². The van der Waals surface area contributed by atoms with E-state index in [-0.39, 0.29) is 5.91 Å². The van der Waals surface area contributed by atoms with E-state index < -0.39 is 0 Å². The fourth-order valence-electron chi connectivity index (χ4n) is 1.95. The van der Waals surface area contributed by atoms with E-state index in [0.29, 0.717) is 33.1 Å². The van der Waals surface area contributed by atoms with Crippen molar-refractivity contribution in [2.45, 2.75) is 0 Å². The fraction of sp³-hybridized carbons (Fsp3) is 0.0714. The highest BCUT2D eigenvalue weighted by Gasteiger charge is 2.15. The van der Waals surface area contributed by atoms with Crippen molar-refractivity contribution < 1.29 is 14.2 Å². The maximum atomic E-state index is 12.4. The van der Waals surface area contributed by atoms with Crippen molar-refractivity contribution in [1.82, 2.24) is 10.3 Å². The Hall–Kier alpha value is -2.60. The molecule has 0 saturated carbocycles. The van der Waals surface area contributed by atoms with E-state index in [0.717, 1.165) is 0 Å². The molecule has 1 aromatic heterocycles. The Morgan fingerprint density at radius 3 is 2.95 bits per heavy atom. The normalized spacial score (nSPS) is 10.6. The highest BCUT2D eigenvalue weighted by atomic mass is 35.5. The molecule has 0 atom stereocenters. The van der Waals surface area contributed by atoms with E-state index >= 15 is 0 Å². The molecule has 21 heavy (non-hydrogen) atoms. The zero-order valence-corrected chi connectivity index (χ0v) is 11.7. The van der Waals surface area contributed by atoms with Crippen molar-refractivity contribution in [1.29, 1.82) is 0 Å². The second-order valence-electron chi connectivity index (χ2n) is 4.24. The van der Waals surface area contributed by atoms with Gasteiger partial charge >= 0.3 is 0 Å². The minimum atomic E-state index is -0.357. The molecule has 0 aliphatic rings. The number of carbonyl (C=O) groups excluding carboxylic acids is 1. The number of amides is 1. The number of nitrogens with zero attached hydrogens (tertiary/aromatic N) is 2. The van der Waals surface area contributed by atoms with Crippen LogP contribution >= 0.6 is 11.6 Å². The van der Waals surface area contributed by atoms with Gasteiger partial charge in [-0.3, -0.25) is 4.79 Å². The Bertz CT molecular complexity index is 816. The highest BCUT2D eigenvalue weighted by molar-refractivity contribution is 6.31. The topological polar surface area (TPSA) is 77.2 Å². The SMILES string of the molecule is COc1ccc(Cl)cc1C(=O)Nc1cccc2nonc12. The van der Waals surface area contributed by atoms with Gasteiger partial charge in [-0.25, -0.2) is 4.63 Å². The molecule has 1 heterocycles. The summed E-state index contributed by atoms with van der Waals surface area (Å²) >= 11 is 5.93. The van der Waals surface area contributed by atoms with Gasteiger partial charge in [0.2, 0.25) is 0 Å². The number of rotatable bonds is 3. The Morgan fingerprint density at radius 1 is 1.29 bits per heavy atom. The number of halogens is 1. The van der Waals surface area contributed by atoms with E-state index in [1.165, 1.54) is 13.2 Å². The minimum absolute atomic E-state index is 0.332. The first kappa shape index (κ1) is 13.4. The number of fused-ring (bicyclic) bond motifs is 1. The monoisotopic (exact) mass is 303 g/mol. The first-order chi connectivity index (χ1) is 10.2. The van der Waals surface area contributed by atoms with Crippen LogP contribution in [-0.2, 0) is 0 Å². The number of anilines is 1. The van der Waals surface area contributed by atoms with Gasteiger partial charge in [0.05, 0.1) is 18.4 Å². The third-order valence-corrected chi connectivity index (χ3v) is 3.18. The van der Waals surface area contributed by atoms with Crippen molar-refractivity contribution in [3.8, 4) is 5.75 Å². The third-order valence-electron chi connectivity index (χ3n) is 2.94. The molecule has 6 nitrogen and oxygen atoms in total. The molecule has 106 valence electrons. The standard InChI is InChI=1S/C14H10ClN3O3/c1-20-12-6-5-8(15)7-9(12)14(19)16-10-3-2-4-11-13(10)18-21-17-11/h2-7H,1H3,(H,16,19). The molecule has 3 rings (SSSR count). The van der Waals surface area contributed by atoms with Crippen molar-refractivity contribution in [2.24, 2.45) is 0 Å². The number of aromatic nitrogens is 2. The van der Waals surface area contributed by atoms with Gasteiger partial charge in [-0.15, -0.1) is 0 Å². The molecule has 1 N–H and O–H groups in total. The lowest BCUT2D eigenvalue weighted by molar-refractivity contribution is 0.102. The lowest BCUT2D eigenvalue weighted by Gasteiger charge is -2.09. The van der Waals surface area contributed by atoms with Gasteiger partial charge in [-0.05, 0) is 40.6 Å². The van der Waals surface area contributed by atoms with Crippen LogP contribution in [0.1, 0.15) is 10.4 Å². The van der Waals surface area contributed by atoms with Gasteiger partial charge in [0, 0.05) is 5.02 Å². The zero-order chi connectivity index (χ0) is 14.8. The lowest BCUT2D eigenvalue weighted by Crippen LogP contribution is -2.13. The second kappa shape index (κ2) is 5.41. The smallest absolute Gasteiger partial charge is 0.259 e. The number of hydrogen-bond acceptors (Lipinski definition) is 5. The molecule has 0 spiro atoms. The van der Waals surface area contributed by atoms with E-state index in [4.69, 9.17) is 16.3 Å². The molecule has 0 unspecified atom stereocenters. The Kier molecular flexibility index (Phi) is 3.45. The zero-order valence-electron chi connectivity index (χ0n) is 11.0. The molecule has 3 aromatic rings. The molecular weight excluding hydrogens is 294 g/mol. The quantitative estimate of drug-likeness (QED) is 0.804. The van der Waals surface area contributed by atoms with E-state index in [1.807, 2.05) is 0 Å². The summed E-state index contributed by atoms with van der Waals surface area (Å²) in [6.45, 7) is 0. The summed E-state index contributed by atoms with van der Waals surface area (Å²) in [5, 5.41) is 10.7. The van der Waals surface area contributed by atoms with Gasteiger partial charge in [-0.2, -0.15) is 0 Å². The maximum absolute atomic E-state index is 12.4. The molecule has 0 fully saturated rings. The number of ether oxygens (including phenoxy) is 1. The number of carbonyl (C=O) groups is 1. The fourth-order valence-corrected chi connectivity index (χ4v) is 2.13. The van der Waals surface area contributed by atoms with Gasteiger partial charge in [0.1, 0.15) is 11.3 Å². The number of hydrogen-bond donors (Lipinski definition) is 1. The molecule has 0 aliphatic heterocycles. The first-order valence-electron chi connectivity index (χ1n) is 6.05.